The minimum absolute atomic E-state index is 0.870. The second kappa shape index (κ2) is 5.31. The van der Waals surface area contributed by atoms with E-state index in [1.807, 2.05) is 11.7 Å². The van der Waals surface area contributed by atoms with Gasteiger partial charge >= 0.3 is 0 Å². The fourth-order valence-corrected chi connectivity index (χ4v) is 2.19. The van der Waals surface area contributed by atoms with E-state index < -0.39 is 0 Å². The molecule has 2 rings (SSSR count). The highest BCUT2D eigenvalue weighted by Gasteiger charge is 2.16. The summed E-state index contributed by atoms with van der Waals surface area (Å²) in [6.07, 6.45) is 2.72. The maximum Gasteiger partial charge on any atom is 0.0625 e. The number of likely N-dealkylation sites (tertiary alicyclic amines) is 1. The molecule has 0 saturated carbocycles. The molecule has 0 aliphatic carbocycles. The summed E-state index contributed by atoms with van der Waals surface area (Å²) in [5.41, 5.74) is 3.32. The van der Waals surface area contributed by atoms with Crippen molar-refractivity contribution < 1.29 is 5.21 Å². The van der Waals surface area contributed by atoms with Crippen LogP contribution in [0.25, 0.3) is 0 Å². The Hall–Kier alpha value is -1.36. The fraction of sp³-hybridized carbons (Fsp3) is 0.667. The molecule has 1 fully saturated rings. The summed E-state index contributed by atoms with van der Waals surface area (Å²) in [6, 6.07) is 2.18. The summed E-state index contributed by atoms with van der Waals surface area (Å²) >= 11 is 0. The van der Waals surface area contributed by atoms with E-state index in [2.05, 4.69) is 28.1 Å². The lowest BCUT2D eigenvalue weighted by Crippen LogP contribution is -2.33. The van der Waals surface area contributed by atoms with E-state index in [-0.39, 0.29) is 0 Å². The molecule has 5 heteroatoms. The van der Waals surface area contributed by atoms with Gasteiger partial charge in [-0.05, 0) is 12.5 Å². The summed E-state index contributed by atoms with van der Waals surface area (Å²) in [5.74, 6) is 0. The molecule has 17 heavy (non-hydrogen) atoms. The van der Waals surface area contributed by atoms with Crippen molar-refractivity contribution in [3.8, 4) is 0 Å². The quantitative estimate of drug-likeness (QED) is 0.637. The monoisotopic (exact) mass is 236 g/mol. The van der Waals surface area contributed by atoms with Crippen LogP contribution < -0.4 is 0 Å². The van der Waals surface area contributed by atoms with E-state index in [1.54, 1.807) is 0 Å². The number of aryl methyl sites for hydroxylation is 2. The van der Waals surface area contributed by atoms with Crippen LogP contribution in [0.2, 0.25) is 0 Å². The molecule has 0 bridgehead atoms. The molecule has 1 N–H and O–H groups in total. The predicted octanol–water partition coefficient (Wildman–Crippen LogP) is 1.41. The minimum Gasteiger partial charge on any atom is -0.411 e. The molecule has 0 radical (unpaired) electrons. The van der Waals surface area contributed by atoms with Crippen LogP contribution >= 0.6 is 0 Å². The van der Waals surface area contributed by atoms with E-state index in [0.29, 0.717) is 0 Å². The maximum absolute atomic E-state index is 8.70. The van der Waals surface area contributed by atoms with Crippen molar-refractivity contribution >= 4 is 5.71 Å². The smallest absolute Gasteiger partial charge is 0.0625 e. The number of hydrogen-bond acceptors (Lipinski definition) is 4. The van der Waals surface area contributed by atoms with E-state index >= 15 is 0 Å². The van der Waals surface area contributed by atoms with Crippen LogP contribution in [0, 0.1) is 0 Å². The number of rotatable bonds is 3. The van der Waals surface area contributed by atoms with E-state index in [1.165, 1.54) is 5.69 Å². The summed E-state index contributed by atoms with van der Waals surface area (Å²) < 4.78 is 1.97. The molecule has 94 valence electrons. The molecule has 0 amide bonds. The standard InChI is InChI=1S/C12H20N4O/c1-3-10-8-12(15(2)13-10)9-16-6-4-11(14-17)5-7-16/h8,17H,3-7,9H2,1-2H3. The minimum atomic E-state index is 0.870. The molecule has 1 aliphatic heterocycles. The normalized spacial score (nSPS) is 17.4. The van der Waals surface area contributed by atoms with Crippen LogP contribution in [-0.4, -0.2) is 38.7 Å². The van der Waals surface area contributed by atoms with Crippen LogP contribution in [0.1, 0.15) is 31.2 Å². The van der Waals surface area contributed by atoms with Crippen molar-refractivity contribution in [3.63, 3.8) is 0 Å². The van der Waals surface area contributed by atoms with Crippen LogP contribution in [0.5, 0.6) is 0 Å². The van der Waals surface area contributed by atoms with Gasteiger partial charge in [0.1, 0.15) is 0 Å². The Morgan fingerprint density at radius 2 is 2.12 bits per heavy atom. The van der Waals surface area contributed by atoms with Crippen LogP contribution in [0.3, 0.4) is 0 Å². The fourth-order valence-electron chi connectivity index (χ4n) is 2.19. The number of aromatic nitrogens is 2. The van der Waals surface area contributed by atoms with Crippen molar-refractivity contribution in [3.05, 3.63) is 17.5 Å². The lowest BCUT2D eigenvalue weighted by molar-refractivity contribution is 0.250. The zero-order chi connectivity index (χ0) is 12.3. The number of oxime groups is 1. The molecule has 1 aliphatic rings. The van der Waals surface area contributed by atoms with Crippen molar-refractivity contribution in [2.24, 2.45) is 12.2 Å². The molecule has 1 aromatic rings. The second-order valence-corrected chi connectivity index (χ2v) is 4.55. The molecule has 0 spiro atoms. The Labute approximate surface area is 102 Å². The van der Waals surface area contributed by atoms with Gasteiger partial charge in [-0.2, -0.15) is 5.10 Å². The molecule has 0 atom stereocenters. The number of piperidine rings is 1. The van der Waals surface area contributed by atoms with Gasteiger partial charge in [-0.15, -0.1) is 0 Å². The van der Waals surface area contributed by atoms with Crippen molar-refractivity contribution in [2.45, 2.75) is 32.7 Å². The first kappa shape index (κ1) is 12.1. The third-order valence-electron chi connectivity index (χ3n) is 3.35. The predicted molar refractivity (Wildman–Crippen MR) is 66.3 cm³/mol. The molecule has 2 heterocycles. The molecule has 5 nitrogen and oxygen atoms in total. The third kappa shape index (κ3) is 2.85. The molecular formula is C12H20N4O. The second-order valence-electron chi connectivity index (χ2n) is 4.55. The van der Waals surface area contributed by atoms with Gasteiger partial charge in [0.2, 0.25) is 0 Å². The first-order valence-corrected chi connectivity index (χ1v) is 6.17. The Morgan fingerprint density at radius 1 is 1.41 bits per heavy atom. The van der Waals surface area contributed by atoms with Crippen molar-refractivity contribution in [1.82, 2.24) is 14.7 Å². The zero-order valence-electron chi connectivity index (χ0n) is 10.6. The van der Waals surface area contributed by atoms with Crippen molar-refractivity contribution in [2.75, 3.05) is 13.1 Å². The van der Waals surface area contributed by atoms with Crippen LogP contribution in [-0.2, 0) is 20.0 Å². The highest BCUT2D eigenvalue weighted by atomic mass is 16.4. The van der Waals surface area contributed by atoms with E-state index in [9.17, 15) is 0 Å². The highest BCUT2D eigenvalue weighted by molar-refractivity contribution is 5.84. The lowest BCUT2D eigenvalue weighted by Gasteiger charge is -2.26. The summed E-state index contributed by atoms with van der Waals surface area (Å²) in [5, 5.41) is 16.5. The number of hydrogen-bond donors (Lipinski definition) is 1. The van der Waals surface area contributed by atoms with E-state index in [0.717, 1.165) is 50.3 Å². The Balaban J connectivity index is 1.95. The average Bonchev–Trinajstić information content (AvgIpc) is 2.71. The van der Waals surface area contributed by atoms with E-state index in [4.69, 9.17) is 5.21 Å². The molecule has 0 unspecified atom stereocenters. The van der Waals surface area contributed by atoms with Gasteiger partial charge in [-0.25, -0.2) is 0 Å². The first-order valence-electron chi connectivity index (χ1n) is 6.17. The Kier molecular flexibility index (Phi) is 3.78. The zero-order valence-corrected chi connectivity index (χ0v) is 10.6. The van der Waals surface area contributed by atoms with Crippen LogP contribution in [0.4, 0.5) is 0 Å². The van der Waals surface area contributed by atoms with Gasteiger partial charge in [0, 0.05) is 39.5 Å². The van der Waals surface area contributed by atoms with Crippen molar-refractivity contribution in [1.29, 1.82) is 0 Å². The largest absolute Gasteiger partial charge is 0.411 e. The SMILES string of the molecule is CCc1cc(CN2CCC(=NO)CC2)n(C)n1. The van der Waals surface area contributed by atoms with Gasteiger partial charge in [0.05, 0.1) is 17.1 Å². The highest BCUT2D eigenvalue weighted by Crippen LogP contribution is 2.12. The Bertz CT molecular complexity index is 401. The summed E-state index contributed by atoms with van der Waals surface area (Å²) in [4.78, 5) is 2.38. The Morgan fingerprint density at radius 3 is 2.65 bits per heavy atom. The average molecular weight is 236 g/mol. The molecule has 1 aromatic heterocycles. The van der Waals surface area contributed by atoms with Gasteiger partial charge in [-0.1, -0.05) is 12.1 Å². The first-order chi connectivity index (χ1) is 8.22. The topological polar surface area (TPSA) is 53.6 Å². The third-order valence-corrected chi connectivity index (χ3v) is 3.35. The molecule has 1 saturated heterocycles. The van der Waals surface area contributed by atoms with Gasteiger partial charge in [0.25, 0.3) is 0 Å². The lowest BCUT2D eigenvalue weighted by atomic mass is 10.1. The molecular weight excluding hydrogens is 216 g/mol. The maximum atomic E-state index is 8.70. The van der Waals surface area contributed by atoms with Gasteiger partial charge in [0.15, 0.2) is 0 Å². The van der Waals surface area contributed by atoms with Crippen LogP contribution in [0.15, 0.2) is 11.2 Å². The van der Waals surface area contributed by atoms with Gasteiger partial charge in [-0.3, -0.25) is 9.58 Å². The summed E-state index contributed by atoms with van der Waals surface area (Å²) in [6.45, 7) is 4.98. The number of nitrogens with zero attached hydrogens (tertiary/aromatic N) is 4. The van der Waals surface area contributed by atoms with Gasteiger partial charge < -0.3 is 5.21 Å². The summed E-state index contributed by atoms with van der Waals surface area (Å²) in [7, 11) is 2.00. The molecule has 0 aromatic carbocycles.